The summed E-state index contributed by atoms with van der Waals surface area (Å²) in [5, 5.41) is 22.2. The Morgan fingerprint density at radius 3 is 2.43 bits per heavy atom. The van der Waals surface area contributed by atoms with E-state index in [0.717, 1.165) is 0 Å². The molecule has 4 aliphatic heterocycles. The molecule has 0 aromatic carbocycles. The smallest absolute Gasteiger partial charge is 0.337 e. The van der Waals surface area contributed by atoms with Crippen LogP contribution in [0, 0.1) is 28.6 Å². The number of hydrogen-bond donors (Lipinski definition) is 2. The zero-order chi connectivity index (χ0) is 21.8. The van der Waals surface area contributed by atoms with Gasteiger partial charge in [0, 0.05) is 0 Å². The number of carbonyl (C=O) groups excluding carboxylic acids is 3. The third-order valence-corrected chi connectivity index (χ3v) is 8.22. The van der Waals surface area contributed by atoms with Gasteiger partial charge in [-0.2, -0.15) is 0 Å². The lowest BCUT2D eigenvalue weighted by molar-refractivity contribution is -0.218. The van der Waals surface area contributed by atoms with Crippen LogP contribution in [0.25, 0.3) is 0 Å². The summed E-state index contributed by atoms with van der Waals surface area (Å²) in [6.07, 6.45) is -3.93. The summed E-state index contributed by atoms with van der Waals surface area (Å²) < 4.78 is 22.7. The Bertz CT molecular complexity index is 818. The molecule has 1 spiro atoms. The molecule has 1 saturated carbocycles. The van der Waals surface area contributed by atoms with Gasteiger partial charge in [0.15, 0.2) is 6.10 Å². The maximum absolute atomic E-state index is 13.3. The van der Waals surface area contributed by atoms with Crippen LogP contribution in [0.4, 0.5) is 0 Å². The van der Waals surface area contributed by atoms with Crippen LogP contribution in [0.15, 0.2) is 0 Å². The highest BCUT2D eigenvalue weighted by atomic mass is 16.7. The molecule has 5 fully saturated rings. The second-order valence-electron chi connectivity index (χ2n) is 10.5. The molecule has 4 saturated heterocycles. The third kappa shape index (κ3) is 2.21. The van der Waals surface area contributed by atoms with E-state index in [1.807, 2.05) is 20.8 Å². The van der Waals surface area contributed by atoms with Gasteiger partial charge in [0.1, 0.15) is 29.3 Å². The van der Waals surface area contributed by atoms with Crippen LogP contribution in [-0.2, 0) is 33.3 Å². The lowest BCUT2D eigenvalue weighted by atomic mass is 9.64. The summed E-state index contributed by atoms with van der Waals surface area (Å²) in [6, 6.07) is 0. The number of hydrogen-bond acceptors (Lipinski definition) is 9. The van der Waals surface area contributed by atoms with E-state index in [9.17, 15) is 24.6 Å². The lowest BCUT2D eigenvalue weighted by Gasteiger charge is -2.40. The molecule has 0 amide bonds. The molecule has 5 rings (SSSR count). The average molecular weight is 424 g/mol. The molecule has 2 N–H and O–H groups in total. The average Bonchev–Trinajstić information content (AvgIpc) is 3.22. The predicted octanol–water partition coefficient (Wildman–Crippen LogP) is 0.296. The first-order valence-electron chi connectivity index (χ1n) is 10.6. The molecule has 0 aromatic rings. The maximum atomic E-state index is 13.3. The normalized spacial score (nSPS) is 52.4. The van der Waals surface area contributed by atoms with Gasteiger partial charge in [-0.25, -0.2) is 4.79 Å². The predicted molar refractivity (Wildman–Crippen MR) is 97.4 cm³/mol. The minimum absolute atomic E-state index is 0.236. The number of carbonyl (C=O) groups is 3. The van der Waals surface area contributed by atoms with Crippen LogP contribution in [0.5, 0.6) is 0 Å². The number of aliphatic hydroxyl groups excluding tert-OH is 1. The van der Waals surface area contributed by atoms with Crippen molar-refractivity contribution < 1.29 is 43.5 Å². The molecule has 166 valence electrons. The molecule has 0 aromatic heterocycles. The maximum Gasteiger partial charge on any atom is 0.337 e. The van der Waals surface area contributed by atoms with Gasteiger partial charge in [-0.15, -0.1) is 0 Å². The molecule has 30 heavy (non-hydrogen) atoms. The Morgan fingerprint density at radius 1 is 1.07 bits per heavy atom. The molecule has 10 atom stereocenters. The van der Waals surface area contributed by atoms with Crippen molar-refractivity contribution in [2.24, 2.45) is 28.6 Å². The number of aliphatic hydroxyl groups is 2. The Balaban J connectivity index is 1.60. The van der Waals surface area contributed by atoms with E-state index >= 15 is 0 Å². The highest BCUT2D eigenvalue weighted by Crippen LogP contribution is 2.63. The standard InChI is InChI=1S/C21H28O9/c1-8-15(23)28-11-5-6-20(21(8,11)26)14-10(27-18(20)25)7-9(19(2,3)4)12-13(22)16(24)30-17(12)29-14/h8-14,17,22,26H,5-7H2,1-4H3/t8-,9?,10?,11+,12?,13-,14-,17-,20+,21-/m1/s1. The molecular formula is C21H28O9. The van der Waals surface area contributed by atoms with E-state index in [4.69, 9.17) is 18.9 Å². The summed E-state index contributed by atoms with van der Waals surface area (Å²) in [6.45, 7) is 7.51. The summed E-state index contributed by atoms with van der Waals surface area (Å²) >= 11 is 0. The van der Waals surface area contributed by atoms with Crippen molar-refractivity contribution in [3.05, 3.63) is 0 Å². The Morgan fingerprint density at radius 2 is 1.77 bits per heavy atom. The fourth-order valence-corrected chi connectivity index (χ4v) is 6.63. The van der Waals surface area contributed by atoms with Gasteiger partial charge in [-0.1, -0.05) is 20.8 Å². The molecular weight excluding hydrogens is 396 g/mol. The zero-order valence-corrected chi connectivity index (χ0v) is 17.5. The van der Waals surface area contributed by atoms with E-state index < -0.39 is 71.5 Å². The fourth-order valence-electron chi connectivity index (χ4n) is 6.63. The lowest BCUT2D eigenvalue weighted by Crippen LogP contribution is -2.60. The van der Waals surface area contributed by atoms with Crippen LogP contribution in [-0.4, -0.2) is 64.4 Å². The molecule has 9 nitrogen and oxygen atoms in total. The Labute approximate surface area is 174 Å². The van der Waals surface area contributed by atoms with Crippen molar-refractivity contribution in [2.45, 2.75) is 83.3 Å². The molecule has 4 heterocycles. The van der Waals surface area contributed by atoms with Gasteiger partial charge in [-0.05, 0) is 37.5 Å². The summed E-state index contributed by atoms with van der Waals surface area (Å²) in [5.74, 6) is -3.71. The first-order valence-corrected chi connectivity index (χ1v) is 10.6. The van der Waals surface area contributed by atoms with Crippen molar-refractivity contribution in [2.75, 3.05) is 0 Å². The second kappa shape index (κ2) is 5.95. The highest BCUT2D eigenvalue weighted by Gasteiger charge is 2.80. The van der Waals surface area contributed by atoms with Gasteiger partial charge >= 0.3 is 17.9 Å². The van der Waals surface area contributed by atoms with Crippen molar-refractivity contribution in [3.8, 4) is 0 Å². The van der Waals surface area contributed by atoms with Crippen molar-refractivity contribution in [1.29, 1.82) is 0 Å². The number of rotatable bonds is 0. The Kier molecular flexibility index (Phi) is 4.01. The first-order chi connectivity index (χ1) is 13.9. The molecule has 1 aliphatic carbocycles. The van der Waals surface area contributed by atoms with E-state index in [2.05, 4.69) is 0 Å². The van der Waals surface area contributed by atoms with Crippen molar-refractivity contribution in [1.82, 2.24) is 0 Å². The zero-order valence-electron chi connectivity index (χ0n) is 17.5. The number of esters is 3. The molecule has 9 heteroatoms. The second-order valence-corrected chi connectivity index (χ2v) is 10.5. The van der Waals surface area contributed by atoms with Gasteiger partial charge < -0.3 is 29.2 Å². The molecule has 3 unspecified atom stereocenters. The van der Waals surface area contributed by atoms with Crippen molar-refractivity contribution in [3.63, 3.8) is 0 Å². The van der Waals surface area contributed by atoms with Gasteiger partial charge in [0.25, 0.3) is 0 Å². The number of fused-ring (bicyclic) bond motifs is 5. The minimum Gasteiger partial charge on any atom is -0.459 e. The monoisotopic (exact) mass is 424 g/mol. The first kappa shape index (κ1) is 20.2. The van der Waals surface area contributed by atoms with E-state index in [1.165, 1.54) is 0 Å². The van der Waals surface area contributed by atoms with Crippen LogP contribution < -0.4 is 0 Å². The van der Waals surface area contributed by atoms with E-state index in [0.29, 0.717) is 12.8 Å². The summed E-state index contributed by atoms with van der Waals surface area (Å²) in [4.78, 5) is 37.7. The van der Waals surface area contributed by atoms with Gasteiger partial charge in [0.2, 0.25) is 6.29 Å². The van der Waals surface area contributed by atoms with Crippen molar-refractivity contribution >= 4 is 17.9 Å². The molecule has 0 radical (unpaired) electrons. The third-order valence-electron chi connectivity index (χ3n) is 8.22. The van der Waals surface area contributed by atoms with E-state index in [-0.39, 0.29) is 17.8 Å². The van der Waals surface area contributed by atoms with E-state index in [1.54, 1.807) is 6.92 Å². The topological polar surface area (TPSA) is 129 Å². The van der Waals surface area contributed by atoms with Crippen LogP contribution in [0.2, 0.25) is 0 Å². The largest absolute Gasteiger partial charge is 0.459 e. The minimum atomic E-state index is -1.77. The number of ether oxygens (including phenoxy) is 4. The SMILES string of the molecule is C[C@@H]1C(=O)O[C@H]2CC[C@]3(C(=O)OC4CC(C(C)(C)C)C5[C@@H](OC(=O)[C@@H]5O)O[C@H]43)[C@]21O. The van der Waals surface area contributed by atoms with Crippen LogP contribution >= 0.6 is 0 Å². The van der Waals surface area contributed by atoms with Gasteiger partial charge in [0.05, 0.1) is 11.8 Å². The Hall–Kier alpha value is -1.71. The molecule has 5 aliphatic rings. The summed E-state index contributed by atoms with van der Waals surface area (Å²) in [7, 11) is 0. The van der Waals surface area contributed by atoms with Gasteiger partial charge in [-0.3, -0.25) is 9.59 Å². The quantitative estimate of drug-likeness (QED) is 0.416. The summed E-state index contributed by atoms with van der Waals surface area (Å²) in [5.41, 5.74) is -3.60. The highest BCUT2D eigenvalue weighted by molar-refractivity contribution is 5.87. The fraction of sp³-hybridized carbons (Fsp3) is 0.857. The van der Waals surface area contributed by atoms with Crippen LogP contribution in [0.1, 0.15) is 47.0 Å². The molecule has 0 bridgehead atoms. The van der Waals surface area contributed by atoms with Crippen LogP contribution in [0.3, 0.4) is 0 Å².